The van der Waals surface area contributed by atoms with Crippen LogP contribution in [0.4, 0.5) is 15.8 Å². The highest BCUT2D eigenvalue weighted by Crippen LogP contribution is 2.22. The van der Waals surface area contributed by atoms with Crippen LogP contribution in [-0.2, 0) is 0 Å². The number of carbonyl (C=O) groups is 1. The lowest BCUT2D eigenvalue weighted by molar-refractivity contribution is 0.102. The topological polar surface area (TPSA) is 58.5 Å². The predicted molar refractivity (Wildman–Crippen MR) is 66.3 cm³/mol. The monoisotopic (exact) mass is 244 g/mol. The van der Waals surface area contributed by atoms with Gasteiger partial charge in [-0.05, 0) is 35.5 Å². The van der Waals surface area contributed by atoms with E-state index < -0.39 is 11.7 Å². The molecule has 0 saturated heterocycles. The van der Waals surface area contributed by atoms with Gasteiger partial charge in [-0.3, -0.25) is 4.79 Å². The largest absolute Gasteiger partial charge is 0.319 e. The fourth-order valence-corrected chi connectivity index (χ4v) is 1.45. The summed E-state index contributed by atoms with van der Waals surface area (Å²) in [6.45, 7) is 0. The maximum atomic E-state index is 13.4. The summed E-state index contributed by atoms with van der Waals surface area (Å²) in [6, 6.07) is 11.9. The smallest absolute Gasteiger partial charge is 0.255 e. The molecule has 0 unspecified atom stereocenters. The number of amides is 1. The highest BCUT2D eigenvalue weighted by molar-refractivity contribution is 6.04. The Bertz CT molecular complexity index is 585. The fraction of sp³-hybridized carbons (Fsp3) is 0. The van der Waals surface area contributed by atoms with Crippen molar-refractivity contribution in [1.82, 2.24) is 0 Å². The number of hydrogen-bond acceptors (Lipinski definition) is 3. The molecule has 2 rings (SSSR count). The van der Waals surface area contributed by atoms with Crippen LogP contribution in [0, 0.1) is 10.7 Å². The minimum atomic E-state index is -0.619. The van der Waals surface area contributed by atoms with E-state index in [0.29, 0.717) is 5.56 Å². The maximum Gasteiger partial charge on any atom is 0.255 e. The molecule has 2 aromatic rings. The van der Waals surface area contributed by atoms with Gasteiger partial charge in [0.15, 0.2) is 0 Å². The number of carbonyl (C=O) groups excluding carboxylic acids is 1. The molecular weight excluding hydrogens is 235 g/mol. The third-order valence-corrected chi connectivity index (χ3v) is 2.34. The van der Waals surface area contributed by atoms with Gasteiger partial charge in [-0.15, -0.1) is 4.91 Å². The second kappa shape index (κ2) is 5.18. The number of halogens is 1. The number of nitroso groups, excluding NO2 is 1. The summed E-state index contributed by atoms with van der Waals surface area (Å²) >= 11 is 0. The van der Waals surface area contributed by atoms with E-state index in [1.165, 1.54) is 12.1 Å². The van der Waals surface area contributed by atoms with Gasteiger partial charge in [-0.2, -0.15) is 0 Å². The molecule has 2 aromatic carbocycles. The fourth-order valence-electron chi connectivity index (χ4n) is 1.45. The molecule has 0 radical (unpaired) electrons. The highest BCUT2D eigenvalue weighted by Gasteiger charge is 2.09. The molecule has 0 heterocycles. The van der Waals surface area contributed by atoms with Crippen molar-refractivity contribution < 1.29 is 9.18 Å². The van der Waals surface area contributed by atoms with E-state index in [0.717, 1.165) is 6.07 Å². The molecule has 0 atom stereocenters. The lowest BCUT2D eigenvalue weighted by atomic mass is 10.2. The first-order chi connectivity index (χ1) is 8.70. The summed E-state index contributed by atoms with van der Waals surface area (Å²) in [7, 11) is 0. The Morgan fingerprint density at radius 2 is 1.83 bits per heavy atom. The molecule has 0 aromatic heterocycles. The molecule has 0 aliphatic carbocycles. The Kier molecular flexibility index (Phi) is 3.43. The molecule has 18 heavy (non-hydrogen) atoms. The Morgan fingerprint density at radius 3 is 2.50 bits per heavy atom. The van der Waals surface area contributed by atoms with Gasteiger partial charge in [0.2, 0.25) is 0 Å². The predicted octanol–water partition coefficient (Wildman–Crippen LogP) is 3.48. The van der Waals surface area contributed by atoms with E-state index in [-0.39, 0.29) is 11.4 Å². The van der Waals surface area contributed by atoms with Crippen molar-refractivity contribution in [3.8, 4) is 0 Å². The van der Waals surface area contributed by atoms with Gasteiger partial charge in [0.25, 0.3) is 5.91 Å². The quantitative estimate of drug-likeness (QED) is 0.840. The standard InChI is InChI=1S/C13H9FN2O2/c14-11-7-6-10(16-18)8-12(11)15-13(17)9-4-2-1-3-5-9/h1-8H,(H,15,17). The summed E-state index contributed by atoms with van der Waals surface area (Å²) < 4.78 is 13.4. The van der Waals surface area contributed by atoms with Crippen molar-refractivity contribution in [2.75, 3.05) is 5.32 Å². The van der Waals surface area contributed by atoms with E-state index in [2.05, 4.69) is 10.5 Å². The zero-order chi connectivity index (χ0) is 13.0. The van der Waals surface area contributed by atoms with E-state index in [9.17, 15) is 14.1 Å². The zero-order valence-corrected chi connectivity index (χ0v) is 9.26. The number of nitrogens with zero attached hydrogens (tertiary/aromatic N) is 1. The summed E-state index contributed by atoms with van der Waals surface area (Å²) in [4.78, 5) is 22.1. The van der Waals surface area contributed by atoms with Crippen molar-refractivity contribution in [3.63, 3.8) is 0 Å². The molecule has 0 aliphatic rings. The average Bonchev–Trinajstić information content (AvgIpc) is 2.42. The average molecular weight is 244 g/mol. The lowest BCUT2D eigenvalue weighted by Gasteiger charge is -2.06. The lowest BCUT2D eigenvalue weighted by Crippen LogP contribution is -2.12. The molecule has 0 fully saturated rings. The van der Waals surface area contributed by atoms with Crippen LogP contribution in [0.3, 0.4) is 0 Å². The van der Waals surface area contributed by atoms with Gasteiger partial charge >= 0.3 is 0 Å². The van der Waals surface area contributed by atoms with Crippen molar-refractivity contribution >= 4 is 17.3 Å². The molecule has 0 saturated carbocycles. The van der Waals surface area contributed by atoms with Crippen LogP contribution < -0.4 is 5.32 Å². The summed E-state index contributed by atoms with van der Waals surface area (Å²) in [5.41, 5.74) is 0.391. The van der Waals surface area contributed by atoms with Crippen molar-refractivity contribution in [2.45, 2.75) is 0 Å². The van der Waals surface area contributed by atoms with Gasteiger partial charge in [0.05, 0.1) is 5.69 Å². The molecule has 0 spiro atoms. The Morgan fingerprint density at radius 1 is 1.11 bits per heavy atom. The Labute approximate surface area is 102 Å². The van der Waals surface area contributed by atoms with Gasteiger partial charge in [-0.25, -0.2) is 4.39 Å². The van der Waals surface area contributed by atoms with Crippen LogP contribution in [-0.4, -0.2) is 5.91 Å². The van der Waals surface area contributed by atoms with Crippen LogP contribution in [0.25, 0.3) is 0 Å². The molecule has 4 nitrogen and oxygen atoms in total. The first-order valence-electron chi connectivity index (χ1n) is 5.20. The van der Waals surface area contributed by atoms with Crippen LogP contribution in [0.15, 0.2) is 53.7 Å². The van der Waals surface area contributed by atoms with Crippen molar-refractivity contribution in [1.29, 1.82) is 0 Å². The van der Waals surface area contributed by atoms with Crippen LogP contribution in [0.1, 0.15) is 10.4 Å². The first kappa shape index (κ1) is 11.9. The second-order valence-corrected chi connectivity index (χ2v) is 3.58. The molecule has 5 heteroatoms. The van der Waals surface area contributed by atoms with E-state index in [1.807, 2.05) is 0 Å². The Hall–Kier alpha value is -2.56. The number of rotatable bonds is 3. The minimum Gasteiger partial charge on any atom is -0.319 e. The van der Waals surface area contributed by atoms with E-state index in [4.69, 9.17) is 0 Å². The van der Waals surface area contributed by atoms with Crippen LogP contribution in [0.2, 0.25) is 0 Å². The van der Waals surface area contributed by atoms with Crippen LogP contribution in [0.5, 0.6) is 0 Å². The molecule has 0 aliphatic heterocycles. The summed E-state index contributed by atoms with van der Waals surface area (Å²) in [5, 5.41) is 5.07. The number of nitrogens with one attached hydrogen (secondary N) is 1. The Balaban J connectivity index is 2.24. The van der Waals surface area contributed by atoms with E-state index in [1.54, 1.807) is 30.3 Å². The zero-order valence-electron chi connectivity index (χ0n) is 9.26. The summed E-state index contributed by atoms with van der Waals surface area (Å²) in [5.74, 6) is -1.07. The number of hydrogen-bond donors (Lipinski definition) is 1. The third kappa shape index (κ3) is 2.57. The molecule has 0 bridgehead atoms. The SMILES string of the molecule is O=Nc1ccc(F)c(NC(=O)c2ccccc2)c1. The first-order valence-corrected chi connectivity index (χ1v) is 5.20. The van der Waals surface area contributed by atoms with Crippen molar-refractivity contribution in [3.05, 3.63) is 64.8 Å². The third-order valence-electron chi connectivity index (χ3n) is 2.34. The second-order valence-electron chi connectivity index (χ2n) is 3.58. The van der Waals surface area contributed by atoms with Crippen LogP contribution >= 0.6 is 0 Å². The van der Waals surface area contributed by atoms with Gasteiger partial charge < -0.3 is 5.32 Å². The maximum absolute atomic E-state index is 13.4. The number of benzene rings is 2. The molecule has 1 amide bonds. The minimum absolute atomic E-state index is 0.0553. The summed E-state index contributed by atoms with van der Waals surface area (Å²) in [6.07, 6.45) is 0. The normalized spacial score (nSPS) is 9.83. The molecular formula is C13H9FN2O2. The number of anilines is 1. The van der Waals surface area contributed by atoms with Gasteiger partial charge in [0, 0.05) is 5.56 Å². The highest BCUT2D eigenvalue weighted by atomic mass is 19.1. The van der Waals surface area contributed by atoms with Crippen molar-refractivity contribution in [2.24, 2.45) is 5.18 Å². The molecule has 1 N–H and O–H groups in total. The molecule has 90 valence electrons. The van der Waals surface area contributed by atoms with Gasteiger partial charge in [0.1, 0.15) is 11.5 Å². The van der Waals surface area contributed by atoms with Gasteiger partial charge in [-0.1, -0.05) is 18.2 Å². The van der Waals surface area contributed by atoms with E-state index >= 15 is 0 Å².